The number of halogens is 2. The summed E-state index contributed by atoms with van der Waals surface area (Å²) in [5.41, 5.74) is 2.90. The number of hydrogen-bond donors (Lipinski definition) is 0. The van der Waals surface area contributed by atoms with Crippen molar-refractivity contribution in [2.45, 2.75) is 0 Å². The lowest BCUT2D eigenvalue weighted by molar-refractivity contribution is 0.847. The van der Waals surface area contributed by atoms with Gasteiger partial charge in [-0.15, -0.1) is 0 Å². The average Bonchev–Trinajstić information content (AvgIpc) is 3.08. The predicted molar refractivity (Wildman–Crippen MR) is 89.9 cm³/mol. The SMILES string of the molecule is Clc1ccc(-c2nc3ccccc3nc2-n2cncn2)c(Cl)c1. The van der Waals surface area contributed by atoms with Gasteiger partial charge in [0.05, 0.1) is 16.1 Å². The van der Waals surface area contributed by atoms with Crippen molar-refractivity contribution in [2.75, 3.05) is 0 Å². The number of rotatable bonds is 2. The van der Waals surface area contributed by atoms with Gasteiger partial charge in [0.15, 0.2) is 5.82 Å². The van der Waals surface area contributed by atoms with E-state index in [1.807, 2.05) is 30.3 Å². The van der Waals surface area contributed by atoms with Gasteiger partial charge in [-0.1, -0.05) is 35.3 Å². The third-order valence-corrected chi connectivity index (χ3v) is 3.92. The number of benzene rings is 2. The molecular formula is C16H9Cl2N5. The van der Waals surface area contributed by atoms with Crippen LogP contribution >= 0.6 is 23.2 Å². The van der Waals surface area contributed by atoms with E-state index in [-0.39, 0.29) is 0 Å². The largest absolute Gasteiger partial charge is 0.242 e. The zero-order chi connectivity index (χ0) is 15.8. The molecule has 4 aromatic rings. The third kappa shape index (κ3) is 2.54. The fourth-order valence-corrected chi connectivity index (χ4v) is 2.83. The smallest absolute Gasteiger partial charge is 0.182 e. The van der Waals surface area contributed by atoms with Gasteiger partial charge in [-0.3, -0.25) is 0 Å². The van der Waals surface area contributed by atoms with E-state index in [1.54, 1.807) is 23.1 Å². The fourth-order valence-electron chi connectivity index (χ4n) is 2.33. The molecule has 0 N–H and O–H groups in total. The summed E-state index contributed by atoms with van der Waals surface area (Å²) in [4.78, 5) is 13.4. The predicted octanol–water partition coefficient (Wildman–Crippen LogP) is 4.18. The molecule has 2 heterocycles. The maximum atomic E-state index is 6.35. The van der Waals surface area contributed by atoms with Crippen molar-refractivity contribution in [2.24, 2.45) is 0 Å². The summed E-state index contributed by atoms with van der Waals surface area (Å²) in [6.07, 6.45) is 3.02. The molecule has 0 fully saturated rings. The first-order valence-electron chi connectivity index (χ1n) is 6.79. The molecule has 23 heavy (non-hydrogen) atoms. The van der Waals surface area contributed by atoms with Crippen molar-refractivity contribution in [3.8, 4) is 17.1 Å². The molecule has 4 rings (SSSR count). The van der Waals surface area contributed by atoms with Crippen LogP contribution in [-0.4, -0.2) is 24.7 Å². The number of fused-ring (bicyclic) bond motifs is 1. The highest BCUT2D eigenvalue weighted by Gasteiger charge is 2.16. The van der Waals surface area contributed by atoms with Crippen LogP contribution in [0, 0.1) is 0 Å². The standard InChI is InChI=1S/C16H9Cl2N5/c17-10-5-6-11(12(18)7-10)15-16(23-9-19-8-20-23)22-14-4-2-1-3-13(14)21-15/h1-9H. The molecule has 0 aliphatic carbocycles. The van der Waals surface area contributed by atoms with Gasteiger partial charge in [-0.25, -0.2) is 19.6 Å². The van der Waals surface area contributed by atoms with E-state index in [4.69, 9.17) is 28.2 Å². The Morgan fingerprint density at radius 3 is 2.39 bits per heavy atom. The molecule has 0 bridgehead atoms. The van der Waals surface area contributed by atoms with Crippen LogP contribution in [0.1, 0.15) is 0 Å². The minimum Gasteiger partial charge on any atom is -0.242 e. The van der Waals surface area contributed by atoms with Gasteiger partial charge in [0.1, 0.15) is 18.3 Å². The van der Waals surface area contributed by atoms with Crippen LogP contribution in [0.5, 0.6) is 0 Å². The molecule has 0 amide bonds. The van der Waals surface area contributed by atoms with E-state index < -0.39 is 0 Å². The van der Waals surface area contributed by atoms with Crippen molar-refractivity contribution in [1.29, 1.82) is 0 Å². The van der Waals surface area contributed by atoms with Gasteiger partial charge >= 0.3 is 0 Å². The third-order valence-electron chi connectivity index (χ3n) is 3.37. The molecular weight excluding hydrogens is 333 g/mol. The van der Waals surface area contributed by atoms with Crippen molar-refractivity contribution in [3.63, 3.8) is 0 Å². The van der Waals surface area contributed by atoms with Crippen molar-refractivity contribution in [1.82, 2.24) is 24.7 Å². The molecule has 0 radical (unpaired) electrons. The number of para-hydroxylation sites is 2. The lowest BCUT2D eigenvalue weighted by Crippen LogP contribution is -2.04. The summed E-state index contributed by atoms with van der Waals surface area (Å²) >= 11 is 12.3. The molecule has 0 aliphatic heterocycles. The summed E-state index contributed by atoms with van der Waals surface area (Å²) in [7, 11) is 0. The molecule has 0 saturated carbocycles. The van der Waals surface area contributed by atoms with Gasteiger partial charge in [-0.05, 0) is 30.3 Å². The number of nitrogens with zero attached hydrogens (tertiary/aromatic N) is 5. The normalized spacial score (nSPS) is 11.0. The van der Waals surface area contributed by atoms with Crippen LogP contribution < -0.4 is 0 Å². The lowest BCUT2D eigenvalue weighted by Gasteiger charge is -2.11. The van der Waals surface area contributed by atoms with Crippen molar-refractivity contribution >= 4 is 34.2 Å². The lowest BCUT2D eigenvalue weighted by atomic mass is 10.1. The molecule has 7 heteroatoms. The van der Waals surface area contributed by atoms with Crippen LogP contribution in [-0.2, 0) is 0 Å². The summed E-state index contributed by atoms with van der Waals surface area (Å²) in [5, 5.41) is 5.23. The van der Waals surface area contributed by atoms with E-state index in [0.29, 0.717) is 21.6 Å². The van der Waals surface area contributed by atoms with E-state index >= 15 is 0 Å². The zero-order valence-corrected chi connectivity index (χ0v) is 13.2. The quantitative estimate of drug-likeness (QED) is 0.548. The Hall–Kier alpha value is -2.50. The Morgan fingerprint density at radius 1 is 0.913 bits per heavy atom. The molecule has 0 unspecified atom stereocenters. The first kappa shape index (κ1) is 14.1. The average molecular weight is 342 g/mol. The summed E-state index contributed by atoms with van der Waals surface area (Å²) < 4.78 is 1.57. The van der Waals surface area contributed by atoms with Gasteiger partial charge in [0.25, 0.3) is 0 Å². The van der Waals surface area contributed by atoms with E-state index in [9.17, 15) is 0 Å². The van der Waals surface area contributed by atoms with Crippen LogP contribution in [0.2, 0.25) is 10.0 Å². The number of hydrogen-bond acceptors (Lipinski definition) is 4. The summed E-state index contributed by atoms with van der Waals surface area (Å²) in [5.74, 6) is 0.561. The van der Waals surface area contributed by atoms with Crippen molar-refractivity contribution in [3.05, 3.63) is 65.2 Å². The minimum absolute atomic E-state index is 0.503. The second-order valence-corrected chi connectivity index (χ2v) is 5.69. The van der Waals surface area contributed by atoms with E-state index in [1.165, 1.54) is 6.33 Å². The highest BCUT2D eigenvalue weighted by molar-refractivity contribution is 6.36. The monoisotopic (exact) mass is 341 g/mol. The Morgan fingerprint density at radius 2 is 1.70 bits per heavy atom. The molecule has 0 aliphatic rings. The van der Waals surface area contributed by atoms with E-state index in [2.05, 4.69) is 15.1 Å². The first-order valence-corrected chi connectivity index (χ1v) is 7.55. The van der Waals surface area contributed by atoms with Gasteiger partial charge in [0, 0.05) is 10.6 Å². The highest BCUT2D eigenvalue weighted by Crippen LogP contribution is 2.32. The van der Waals surface area contributed by atoms with Crippen LogP contribution in [0.3, 0.4) is 0 Å². The molecule has 0 spiro atoms. The molecule has 2 aromatic carbocycles. The Labute approximate surface area is 141 Å². The molecule has 0 atom stereocenters. The molecule has 2 aromatic heterocycles. The molecule has 0 saturated heterocycles. The van der Waals surface area contributed by atoms with Crippen molar-refractivity contribution < 1.29 is 0 Å². The van der Waals surface area contributed by atoms with Crippen LogP contribution in [0.15, 0.2) is 55.1 Å². The van der Waals surface area contributed by atoms with E-state index in [0.717, 1.165) is 16.6 Å². The topological polar surface area (TPSA) is 56.5 Å². The zero-order valence-electron chi connectivity index (χ0n) is 11.7. The van der Waals surface area contributed by atoms with Crippen LogP contribution in [0.25, 0.3) is 28.1 Å². The fraction of sp³-hybridized carbons (Fsp3) is 0. The van der Waals surface area contributed by atoms with Gasteiger partial charge < -0.3 is 0 Å². The Kier molecular flexibility index (Phi) is 3.44. The molecule has 112 valence electrons. The molecule has 5 nitrogen and oxygen atoms in total. The minimum atomic E-state index is 0.503. The number of aromatic nitrogens is 5. The second kappa shape index (κ2) is 5.61. The maximum Gasteiger partial charge on any atom is 0.182 e. The second-order valence-electron chi connectivity index (χ2n) is 4.85. The summed E-state index contributed by atoms with van der Waals surface area (Å²) in [6.45, 7) is 0. The Bertz CT molecular complexity index is 999. The van der Waals surface area contributed by atoms with Crippen LogP contribution in [0.4, 0.5) is 0 Å². The van der Waals surface area contributed by atoms with Gasteiger partial charge in [-0.2, -0.15) is 5.10 Å². The van der Waals surface area contributed by atoms with Gasteiger partial charge in [0.2, 0.25) is 0 Å². The highest BCUT2D eigenvalue weighted by atomic mass is 35.5. The summed E-state index contributed by atoms with van der Waals surface area (Å²) in [6, 6.07) is 12.9. The maximum absolute atomic E-state index is 6.35. The first-order chi connectivity index (χ1) is 11.2. The Balaban J connectivity index is 2.05.